The van der Waals surface area contributed by atoms with Crippen molar-refractivity contribution in [2.24, 2.45) is 5.92 Å². The molecule has 0 spiro atoms. The van der Waals surface area contributed by atoms with Crippen molar-refractivity contribution in [1.82, 2.24) is 0 Å². The minimum Gasteiger partial charge on any atom is -0.415 e. The van der Waals surface area contributed by atoms with Gasteiger partial charge in [-0.3, -0.25) is 0 Å². The van der Waals surface area contributed by atoms with E-state index in [1.54, 1.807) is 0 Å². The molecule has 0 bridgehead atoms. The van der Waals surface area contributed by atoms with Gasteiger partial charge in [0.05, 0.1) is 7.11 Å². The molecule has 1 heterocycles. The lowest BCUT2D eigenvalue weighted by Gasteiger charge is -2.59. The Balaban J connectivity index is 3.00. The van der Waals surface area contributed by atoms with Crippen molar-refractivity contribution in [3.63, 3.8) is 0 Å². The quantitative estimate of drug-likeness (QED) is 0.633. The van der Waals surface area contributed by atoms with Gasteiger partial charge in [0.1, 0.15) is 0 Å². The van der Waals surface area contributed by atoms with Gasteiger partial charge in [0, 0.05) is 13.2 Å². The average molecular weight is 317 g/mol. The first-order valence-corrected chi connectivity index (χ1v) is 18.9. The van der Waals surface area contributed by atoms with Crippen LogP contribution in [0.15, 0.2) is 0 Å². The van der Waals surface area contributed by atoms with Crippen molar-refractivity contribution in [2.75, 3.05) is 0 Å². The molecule has 0 radical (unpaired) electrons. The maximum atomic E-state index is 6.84. The van der Waals surface area contributed by atoms with Crippen LogP contribution in [0.4, 0.5) is 0 Å². The molecule has 0 N–H and O–H groups in total. The zero-order valence-corrected chi connectivity index (χ0v) is 17.8. The largest absolute Gasteiger partial charge is 0.415 e. The first-order chi connectivity index (χ1) is 8.37. The smallest absolute Gasteiger partial charge is 0.174 e. The van der Waals surface area contributed by atoms with Crippen LogP contribution in [0.1, 0.15) is 40.5 Å². The Morgan fingerprint density at radius 2 is 1.63 bits per heavy atom. The lowest BCUT2D eigenvalue weighted by molar-refractivity contribution is 0.119. The van der Waals surface area contributed by atoms with Crippen LogP contribution in [-0.4, -0.2) is 28.1 Å². The van der Waals surface area contributed by atoms with Crippen LogP contribution >= 0.6 is 0 Å². The van der Waals surface area contributed by atoms with Gasteiger partial charge in [-0.1, -0.05) is 52.9 Å². The average Bonchev–Trinajstić information content (AvgIpc) is 2.21. The molecule has 1 aliphatic heterocycles. The van der Waals surface area contributed by atoms with Crippen molar-refractivity contribution < 1.29 is 4.43 Å². The monoisotopic (exact) mass is 316 g/mol. The molecule has 0 aromatic heterocycles. The first kappa shape index (κ1) is 17.7. The molecule has 0 aromatic carbocycles. The van der Waals surface area contributed by atoms with Crippen LogP contribution in [0.5, 0.6) is 0 Å². The summed E-state index contributed by atoms with van der Waals surface area (Å²) in [5.41, 5.74) is 0.147. The number of hydrogen-bond acceptors (Lipinski definition) is 1. The summed E-state index contributed by atoms with van der Waals surface area (Å²) in [7, 11) is -3.79. The number of hydrogen-bond donors (Lipinski definition) is 0. The fourth-order valence-electron chi connectivity index (χ4n) is 3.86. The molecule has 4 heteroatoms. The Hall–Kier alpha value is 0.611. The molecular formula is C15H36OSi3. The predicted molar refractivity (Wildman–Crippen MR) is 95.4 cm³/mol. The van der Waals surface area contributed by atoms with Crippen LogP contribution in [0.3, 0.4) is 0 Å². The van der Waals surface area contributed by atoms with Crippen LogP contribution in [0.2, 0.25) is 44.8 Å². The maximum Gasteiger partial charge on any atom is 0.174 e. The van der Waals surface area contributed by atoms with Crippen molar-refractivity contribution >= 4 is 22.5 Å². The molecule has 1 aliphatic rings. The molecule has 0 aliphatic carbocycles. The highest BCUT2D eigenvalue weighted by molar-refractivity contribution is 7.67. The summed E-state index contributed by atoms with van der Waals surface area (Å²) >= 11 is 0. The molecule has 19 heavy (non-hydrogen) atoms. The minimum absolute atomic E-state index is 0.147. The Bertz CT molecular complexity index is 325. The van der Waals surface area contributed by atoms with E-state index in [9.17, 15) is 0 Å². The fraction of sp³-hybridized carbons (Fsp3) is 1.00. The standard InChI is InChI=1S/C15H36OSi3/c1-10-14(2)11-12-19(9)16-15(3,4)13-17(5,6)18(19,7)8/h14H,10-13H2,1-9H3. The Labute approximate surface area is 124 Å². The summed E-state index contributed by atoms with van der Waals surface area (Å²) in [5.74, 6) is 0.868. The molecule has 0 aromatic rings. The summed E-state index contributed by atoms with van der Waals surface area (Å²) in [4.78, 5) is 0. The van der Waals surface area contributed by atoms with Gasteiger partial charge in [0.25, 0.3) is 0 Å². The molecule has 0 saturated carbocycles. The lowest BCUT2D eigenvalue weighted by Crippen LogP contribution is -2.78. The van der Waals surface area contributed by atoms with E-state index in [1.807, 2.05) is 0 Å². The highest BCUT2D eigenvalue weighted by atomic mass is 29.6. The summed E-state index contributed by atoms with van der Waals surface area (Å²) in [5, 5.41) is 0. The van der Waals surface area contributed by atoms with Crippen molar-refractivity contribution in [2.45, 2.75) is 91.0 Å². The third-order valence-electron chi connectivity index (χ3n) is 6.19. The topological polar surface area (TPSA) is 9.23 Å². The van der Waals surface area contributed by atoms with E-state index in [0.29, 0.717) is 0 Å². The fourth-order valence-corrected chi connectivity index (χ4v) is 37.5. The summed E-state index contributed by atoms with van der Waals surface area (Å²) in [6, 6.07) is 2.77. The molecule has 1 fully saturated rings. The van der Waals surface area contributed by atoms with Crippen molar-refractivity contribution in [3.05, 3.63) is 0 Å². The molecule has 1 saturated heterocycles. The third-order valence-corrected chi connectivity index (χ3v) is 46.7. The van der Waals surface area contributed by atoms with E-state index in [-0.39, 0.29) is 5.60 Å². The maximum absolute atomic E-state index is 6.84. The van der Waals surface area contributed by atoms with E-state index in [2.05, 4.69) is 60.4 Å². The zero-order chi connectivity index (χ0) is 15.1. The Morgan fingerprint density at radius 3 is 2.11 bits per heavy atom. The molecule has 114 valence electrons. The van der Waals surface area contributed by atoms with Gasteiger partial charge in [-0.2, -0.15) is 0 Å². The summed E-state index contributed by atoms with van der Waals surface area (Å²) < 4.78 is 6.84. The first-order valence-electron chi connectivity index (χ1n) is 8.07. The van der Waals surface area contributed by atoms with E-state index in [1.165, 1.54) is 24.9 Å². The molecule has 2 unspecified atom stereocenters. The van der Waals surface area contributed by atoms with Gasteiger partial charge in [0.2, 0.25) is 0 Å². The lowest BCUT2D eigenvalue weighted by atomic mass is 10.1. The van der Waals surface area contributed by atoms with Crippen LogP contribution in [-0.2, 0) is 4.43 Å². The molecule has 0 amide bonds. The van der Waals surface area contributed by atoms with E-state index >= 15 is 0 Å². The van der Waals surface area contributed by atoms with Crippen LogP contribution < -0.4 is 0 Å². The van der Waals surface area contributed by atoms with Gasteiger partial charge in [-0.05, 0) is 38.4 Å². The van der Waals surface area contributed by atoms with Gasteiger partial charge in [0.15, 0.2) is 7.83 Å². The summed E-state index contributed by atoms with van der Waals surface area (Å²) in [6.07, 6.45) is 2.70. The second-order valence-electron chi connectivity index (χ2n) is 8.83. The van der Waals surface area contributed by atoms with Crippen LogP contribution in [0, 0.1) is 5.92 Å². The second kappa shape index (κ2) is 5.43. The molecule has 2 atom stereocenters. The van der Waals surface area contributed by atoms with Gasteiger partial charge < -0.3 is 4.43 Å². The second-order valence-corrected chi connectivity index (χ2v) is 35.6. The van der Waals surface area contributed by atoms with Crippen molar-refractivity contribution in [3.8, 4) is 0 Å². The van der Waals surface area contributed by atoms with E-state index in [4.69, 9.17) is 4.43 Å². The zero-order valence-electron chi connectivity index (χ0n) is 14.8. The van der Waals surface area contributed by atoms with Crippen LogP contribution in [0.25, 0.3) is 0 Å². The SMILES string of the molecule is CCC(C)CC[Si]1(C)OC(C)(C)C[Si](C)(C)[Si]1(C)C. The minimum atomic E-state index is -1.51. The molecular weight excluding hydrogens is 280 g/mol. The van der Waals surface area contributed by atoms with E-state index in [0.717, 1.165) is 5.92 Å². The van der Waals surface area contributed by atoms with Gasteiger partial charge >= 0.3 is 0 Å². The predicted octanol–water partition coefficient (Wildman–Crippen LogP) is 5.38. The molecule has 1 rings (SSSR count). The third kappa shape index (κ3) is 3.44. The Morgan fingerprint density at radius 1 is 1.11 bits per heavy atom. The highest BCUT2D eigenvalue weighted by Crippen LogP contribution is 2.46. The summed E-state index contributed by atoms with van der Waals surface area (Å²) in [6.45, 7) is 22.6. The van der Waals surface area contributed by atoms with Gasteiger partial charge in [-0.15, -0.1) is 0 Å². The van der Waals surface area contributed by atoms with Gasteiger partial charge in [-0.25, -0.2) is 0 Å². The highest BCUT2D eigenvalue weighted by Gasteiger charge is 2.62. The Kier molecular flexibility index (Phi) is 5.05. The normalized spacial score (nSPS) is 33.9. The molecule has 1 nitrogen and oxygen atoms in total. The van der Waals surface area contributed by atoms with Crippen molar-refractivity contribution in [1.29, 1.82) is 0 Å². The number of rotatable bonds is 4. The van der Waals surface area contributed by atoms with E-state index < -0.39 is 22.5 Å².